The standard InChI is InChI=1S/C9H16O2S/c1-5-7(4)12-8(6(2)3)9(10)11/h5-8H,1H2,2-4H3,(H,10,11). The molecule has 2 nitrogen and oxygen atoms in total. The van der Waals surface area contributed by atoms with E-state index in [2.05, 4.69) is 6.58 Å². The van der Waals surface area contributed by atoms with E-state index in [1.165, 1.54) is 11.8 Å². The first kappa shape index (κ1) is 11.6. The molecule has 0 saturated carbocycles. The minimum atomic E-state index is -0.733. The van der Waals surface area contributed by atoms with Crippen LogP contribution in [-0.2, 0) is 4.79 Å². The highest BCUT2D eigenvalue weighted by molar-refractivity contribution is 8.01. The van der Waals surface area contributed by atoms with E-state index in [4.69, 9.17) is 5.11 Å². The summed E-state index contributed by atoms with van der Waals surface area (Å²) in [7, 11) is 0. The highest BCUT2D eigenvalue weighted by Crippen LogP contribution is 2.24. The Kier molecular flexibility index (Phi) is 5.06. The number of carboxylic acid groups (broad SMARTS) is 1. The maximum atomic E-state index is 10.7. The third-order valence-corrected chi connectivity index (χ3v) is 3.20. The first-order valence-electron chi connectivity index (χ1n) is 3.99. The van der Waals surface area contributed by atoms with Crippen LogP contribution in [0.5, 0.6) is 0 Å². The van der Waals surface area contributed by atoms with Gasteiger partial charge in [-0.2, -0.15) is 0 Å². The first-order chi connectivity index (χ1) is 5.49. The monoisotopic (exact) mass is 188 g/mol. The van der Waals surface area contributed by atoms with Crippen LogP contribution >= 0.6 is 11.8 Å². The maximum absolute atomic E-state index is 10.7. The van der Waals surface area contributed by atoms with E-state index in [0.717, 1.165) is 0 Å². The lowest BCUT2D eigenvalue weighted by atomic mass is 10.1. The lowest BCUT2D eigenvalue weighted by Crippen LogP contribution is -2.24. The summed E-state index contributed by atoms with van der Waals surface area (Å²) in [5, 5.41) is 8.71. The van der Waals surface area contributed by atoms with Crippen LogP contribution in [0.3, 0.4) is 0 Å². The fraction of sp³-hybridized carbons (Fsp3) is 0.667. The van der Waals surface area contributed by atoms with Gasteiger partial charge >= 0.3 is 5.97 Å². The van der Waals surface area contributed by atoms with Crippen LogP contribution < -0.4 is 0 Å². The van der Waals surface area contributed by atoms with Crippen molar-refractivity contribution in [2.24, 2.45) is 5.92 Å². The van der Waals surface area contributed by atoms with Crippen LogP contribution in [0, 0.1) is 5.92 Å². The third-order valence-electron chi connectivity index (χ3n) is 1.54. The highest BCUT2D eigenvalue weighted by atomic mass is 32.2. The molecule has 1 N–H and O–H groups in total. The van der Waals surface area contributed by atoms with Gasteiger partial charge in [0.25, 0.3) is 0 Å². The van der Waals surface area contributed by atoms with Crippen molar-refractivity contribution >= 4 is 17.7 Å². The Morgan fingerprint density at radius 2 is 2.00 bits per heavy atom. The summed E-state index contributed by atoms with van der Waals surface area (Å²) in [6, 6.07) is 0. The van der Waals surface area contributed by atoms with Gasteiger partial charge in [0.1, 0.15) is 5.25 Å². The summed E-state index contributed by atoms with van der Waals surface area (Å²) in [5.41, 5.74) is 0. The Bertz CT molecular complexity index is 166. The number of rotatable bonds is 5. The number of hydrogen-bond acceptors (Lipinski definition) is 2. The normalized spacial score (nSPS) is 15.7. The molecule has 0 aromatic carbocycles. The second kappa shape index (κ2) is 5.25. The fourth-order valence-electron chi connectivity index (χ4n) is 0.787. The molecule has 0 amide bonds. The Labute approximate surface area is 78.0 Å². The number of carbonyl (C=O) groups is 1. The van der Waals surface area contributed by atoms with E-state index in [1.807, 2.05) is 20.8 Å². The second-order valence-electron chi connectivity index (χ2n) is 3.08. The first-order valence-corrected chi connectivity index (χ1v) is 4.94. The average molecular weight is 188 g/mol. The summed E-state index contributed by atoms with van der Waals surface area (Å²) in [6.45, 7) is 9.41. The van der Waals surface area contributed by atoms with Crippen molar-refractivity contribution in [1.82, 2.24) is 0 Å². The van der Waals surface area contributed by atoms with Crippen molar-refractivity contribution in [2.45, 2.75) is 31.3 Å². The fourth-order valence-corrected chi connectivity index (χ4v) is 1.79. The Balaban J connectivity index is 4.13. The quantitative estimate of drug-likeness (QED) is 0.673. The van der Waals surface area contributed by atoms with E-state index in [0.29, 0.717) is 0 Å². The van der Waals surface area contributed by atoms with Gasteiger partial charge in [0.15, 0.2) is 0 Å². The summed E-state index contributed by atoms with van der Waals surface area (Å²) >= 11 is 1.44. The highest BCUT2D eigenvalue weighted by Gasteiger charge is 2.23. The molecule has 0 aromatic rings. The number of thioether (sulfide) groups is 1. The van der Waals surface area contributed by atoms with Gasteiger partial charge in [-0.05, 0) is 12.8 Å². The zero-order valence-electron chi connectivity index (χ0n) is 7.78. The molecule has 0 heterocycles. The van der Waals surface area contributed by atoms with Crippen LogP contribution in [0.15, 0.2) is 12.7 Å². The van der Waals surface area contributed by atoms with Crippen molar-refractivity contribution in [3.63, 3.8) is 0 Å². The molecule has 0 aromatic heterocycles. The predicted molar refractivity (Wildman–Crippen MR) is 53.5 cm³/mol. The Hall–Kier alpha value is -0.440. The molecule has 0 aliphatic rings. The summed E-state index contributed by atoms with van der Waals surface area (Å²) in [5.74, 6) is -0.571. The predicted octanol–water partition coefficient (Wildman–Crippen LogP) is 2.40. The molecule has 0 rings (SSSR count). The molecule has 0 saturated heterocycles. The van der Waals surface area contributed by atoms with Crippen molar-refractivity contribution in [3.05, 3.63) is 12.7 Å². The van der Waals surface area contributed by atoms with E-state index >= 15 is 0 Å². The zero-order chi connectivity index (χ0) is 9.72. The number of carboxylic acids is 1. The van der Waals surface area contributed by atoms with Gasteiger partial charge in [-0.15, -0.1) is 18.3 Å². The number of aliphatic carboxylic acids is 1. The minimum absolute atomic E-state index is 0.162. The molecular weight excluding hydrogens is 172 g/mol. The SMILES string of the molecule is C=CC(C)SC(C(=O)O)C(C)C. The van der Waals surface area contributed by atoms with E-state index in [1.54, 1.807) is 6.08 Å². The largest absolute Gasteiger partial charge is 0.480 e. The minimum Gasteiger partial charge on any atom is -0.480 e. The Morgan fingerprint density at radius 3 is 2.25 bits per heavy atom. The molecule has 0 spiro atoms. The molecule has 12 heavy (non-hydrogen) atoms. The van der Waals surface area contributed by atoms with E-state index in [9.17, 15) is 4.79 Å². The lowest BCUT2D eigenvalue weighted by molar-refractivity contribution is -0.137. The molecule has 70 valence electrons. The van der Waals surface area contributed by atoms with Crippen LogP contribution in [-0.4, -0.2) is 21.6 Å². The van der Waals surface area contributed by atoms with Gasteiger partial charge < -0.3 is 5.11 Å². The van der Waals surface area contributed by atoms with Crippen LogP contribution in [0.1, 0.15) is 20.8 Å². The molecule has 3 heteroatoms. The van der Waals surface area contributed by atoms with Crippen LogP contribution in [0.4, 0.5) is 0 Å². The lowest BCUT2D eigenvalue weighted by Gasteiger charge is -2.17. The van der Waals surface area contributed by atoms with Crippen LogP contribution in [0.2, 0.25) is 0 Å². The van der Waals surface area contributed by atoms with E-state index < -0.39 is 5.97 Å². The van der Waals surface area contributed by atoms with E-state index in [-0.39, 0.29) is 16.4 Å². The van der Waals surface area contributed by atoms with Crippen molar-refractivity contribution in [1.29, 1.82) is 0 Å². The number of hydrogen-bond donors (Lipinski definition) is 1. The molecule has 0 aliphatic heterocycles. The zero-order valence-corrected chi connectivity index (χ0v) is 8.60. The van der Waals surface area contributed by atoms with Crippen molar-refractivity contribution in [3.8, 4) is 0 Å². The maximum Gasteiger partial charge on any atom is 0.316 e. The van der Waals surface area contributed by atoms with Crippen molar-refractivity contribution < 1.29 is 9.90 Å². The van der Waals surface area contributed by atoms with Gasteiger partial charge in [0.2, 0.25) is 0 Å². The summed E-state index contributed by atoms with van der Waals surface area (Å²) in [4.78, 5) is 10.7. The van der Waals surface area contributed by atoms with Gasteiger partial charge in [0.05, 0.1) is 0 Å². The Morgan fingerprint density at radius 1 is 1.50 bits per heavy atom. The van der Waals surface area contributed by atoms with Crippen molar-refractivity contribution in [2.75, 3.05) is 0 Å². The molecule has 2 atom stereocenters. The average Bonchev–Trinajstić information content (AvgIpc) is 1.98. The summed E-state index contributed by atoms with van der Waals surface area (Å²) in [6.07, 6.45) is 1.77. The molecular formula is C9H16O2S. The van der Waals surface area contributed by atoms with Gasteiger partial charge in [-0.3, -0.25) is 4.79 Å². The molecule has 0 bridgehead atoms. The second-order valence-corrected chi connectivity index (χ2v) is 4.60. The molecule has 0 radical (unpaired) electrons. The van der Waals surface area contributed by atoms with Gasteiger partial charge in [-0.25, -0.2) is 0 Å². The smallest absolute Gasteiger partial charge is 0.316 e. The van der Waals surface area contributed by atoms with Gasteiger partial charge in [0, 0.05) is 5.25 Å². The third kappa shape index (κ3) is 3.81. The topological polar surface area (TPSA) is 37.3 Å². The van der Waals surface area contributed by atoms with Crippen LogP contribution in [0.25, 0.3) is 0 Å². The summed E-state index contributed by atoms with van der Waals surface area (Å²) < 4.78 is 0. The molecule has 0 aliphatic carbocycles. The molecule has 0 fully saturated rings. The van der Waals surface area contributed by atoms with Gasteiger partial charge in [-0.1, -0.05) is 19.9 Å². The molecule has 2 unspecified atom stereocenters.